The zero-order valence-corrected chi connectivity index (χ0v) is 9.21. The molecule has 18 heavy (non-hydrogen) atoms. The minimum atomic E-state index is -4.82. The summed E-state index contributed by atoms with van der Waals surface area (Å²) in [6.07, 6.45) is -4.82. The minimum absolute atomic E-state index is 0.160. The second-order valence-electron chi connectivity index (χ2n) is 3.32. The van der Waals surface area contributed by atoms with Gasteiger partial charge in [-0.15, -0.1) is 0 Å². The van der Waals surface area contributed by atoms with Gasteiger partial charge in [0.15, 0.2) is 0 Å². The van der Waals surface area contributed by atoms with E-state index in [-0.39, 0.29) is 5.56 Å². The number of benzene rings is 1. The molecule has 0 saturated carbocycles. The Morgan fingerprint density at radius 2 is 2.11 bits per heavy atom. The van der Waals surface area contributed by atoms with Gasteiger partial charge in [-0.25, -0.2) is 4.79 Å². The fraction of sp³-hybridized carbons (Fsp3) is 0.273. The Hall–Kier alpha value is -2.07. The topological polar surface area (TPSA) is 70.3 Å². The van der Waals surface area contributed by atoms with Crippen molar-refractivity contribution in [2.24, 2.45) is 0 Å². The predicted molar refractivity (Wildman–Crippen MR) is 53.4 cm³/mol. The van der Waals surface area contributed by atoms with Crippen LogP contribution in [0.15, 0.2) is 12.1 Å². The lowest BCUT2D eigenvalue weighted by Gasteiger charge is -2.15. The van der Waals surface area contributed by atoms with Crippen molar-refractivity contribution in [2.75, 3.05) is 7.11 Å². The summed E-state index contributed by atoms with van der Waals surface area (Å²) in [5, 5.41) is 17.6. The SMILES string of the molecule is COC(=O)c1cc(C#N)cc(CO)c1C(F)(F)F. The number of carbonyl (C=O) groups excluding carboxylic acids is 1. The third kappa shape index (κ3) is 2.60. The van der Waals surface area contributed by atoms with Crippen molar-refractivity contribution in [1.82, 2.24) is 0 Å². The van der Waals surface area contributed by atoms with Crippen LogP contribution < -0.4 is 0 Å². The van der Waals surface area contributed by atoms with Crippen molar-refractivity contribution in [3.63, 3.8) is 0 Å². The van der Waals surface area contributed by atoms with E-state index in [0.717, 1.165) is 19.2 Å². The maximum Gasteiger partial charge on any atom is 0.417 e. The first-order valence-corrected chi connectivity index (χ1v) is 4.68. The number of ether oxygens (including phenoxy) is 1. The van der Waals surface area contributed by atoms with Gasteiger partial charge in [0, 0.05) is 0 Å². The van der Waals surface area contributed by atoms with Crippen molar-refractivity contribution in [3.05, 3.63) is 34.4 Å². The number of alkyl halides is 3. The van der Waals surface area contributed by atoms with Crippen LogP contribution in [0.5, 0.6) is 0 Å². The number of esters is 1. The number of hydrogen-bond acceptors (Lipinski definition) is 4. The van der Waals surface area contributed by atoms with Crippen molar-refractivity contribution >= 4 is 5.97 Å². The highest BCUT2D eigenvalue weighted by atomic mass is 19.4. The number of halogens is 3. The molecular formula is C11H8F3NO3. The second kappa shape index (κ2) is 5.06. The van der Waals surface area contributed by atoms with Crippen molar-refractivity contribution in [3.8, 4) is 6.07 Å². The number of nitriles is 1. The Morgan fingerprint density at radius 1 is 1.50 bits per heavy atom. The van der Waals surface area contributed by atoms with Crippen LogP contribution in [-0.2, 0) is 17.5 Å². The van der Waals surface area contributed by atoms with Gasteiger partial charge in [-0.05, 0) is 17.7 Å². The lowest BCUT2D eigenvalue weighted by atomic mass is 9.97. The molecule has 0 atom stereocenters. The normalized spacial score (nSPS) is 10.9. The first-order valence-electron chi connectivity index (χ1n) is 4.68. The van der Waals surface area contributed by atoms with Crippen molar-refractivity contribution in [1.29, 1.82) is 5.26 Å². The first-order chi connectivity index (χ1) is 8.35. The number of rotatable bonds is 2. The lowest BCUT2D eigenvalue weighted by molar-refractivity contribution is -0.139. The summed E-state index contributed by atoms with van der Waals surface area (Å²) < 4.78 is 42.7. The number of aliphatic hydroxyl groups is 1. The van der Waals surface area contributed by atoms with Crippen LogP contribution in [0.2, 0.25) is 0 Å². The molecule has 7 heteroatoms. The van der Waals surface area contributed by atoms with Gasteiger partial charge < -0.3 is 9.84 Å². The molecule has 96 valence electrons. The number of aliphatic hydroxyl groups excluding tert-OH is 1. The Bertz CT molecular complexity index is 517. The molecule has 0 aliphatic heterocycles. The summed E-state index contributed by atoms with van der Waals surface area (Å²) >= 11 is 0. The van der Waals surface area contributed by atoms with Crippen LogP contribution in [0.1, 0.15) is 27.0 Å². The molecule has 0 heterocycles. The molecule has 0 amide bonds. The van der Waals surface area contributed by atoms with Crippen LogP contribution in [0.4, 0.5) is 13.2 Å². The highest BCUT2D eigenvalue weighted by molar-refractivity contribution is 5.92. The standard InChI is InChI=1S/C11H8F3NO3/c1-18-10(17)8-3-6(4-15)2-7(5-16)9(8)11(12,13)14/h2-3,16H,5H2,1H3. The number of methoxy groups -OCH3 is 1. The van der Waals surface area contributed by atoms with E-state index in [0.29, 0.717) is 0 Å². The van der Waals surface area contributed by atoms with E-state index >= 15 is 0 Å². The molecule has 0 aliphatic rings. The zero-order valence-electron chi connectivity index (χ0n) is 9.21. The lowest BCUT2D eigenvalue weighted by Crippen LogP contribution is -2.17. The molecule has 1 N–H and O–H groups in total. The summed E-state index contributed by atoms with van der Waals surface area (Å²) in [6.45, 7) is -0.936. The third-order valence-corrected chi connectivity index (χ3v) is 2.21. The molecule has 1 rings (SSSR count). The van der Waals surface area contributed by atoms with E-state index in [4.69, 9.17) is 10.4 Å². The maximum absolute atomic E-state index is 12.8. The van der Waals surface area contributed by atoms with Crippen LogP contribution in [-0.4, -0.2) is 18.2 Å². The summed E-state index contributed by atoms with van der Waals surface area (Å²) in [6, 6.07) is 3.28. The van der Waals surface area contributed by atoms with Gasteiger partial charge in [0.25, 0.3) is 0 Å². The summed E-state index contributed by atoms with van der Waals surface area (Å²) in [7, 11) is 0.931. The Labute approximate surface area is 100 Å². The molecule has 0 aromatic heterocycles. The molecule has 0 aliphatic carbocycles. The molecule has 0 radical (unpaired) electrons. The van der Waals surface area contributed by atoms with E-state index < -0.39 is 35.4 Å². The monoisotopic (exact) mass is 259 g/mol. The molecule has 0 bridgehead atoms. The van der Waals surface area contributed by atoms with Gasteiger partial charge in [0.2, 0.25) is 0 Å². The molecule has 1 aromatic rings. The third-order valence-electron chi connectivity index (χ3n) is 2.21. The average Bonchev–Trinajstić information content (AvgIpc) is 2.34. The molecule has 1 aromatic carbocycles. The Morgan fingerprint density at radius 3 is 2.50 bits per heavy atom. The van der Waals surface area contributed by atoms with Gasteiger partial charge in [-0.2, -0.15) is 18.4 Å². The smallest absolute Gasteiger partial charge is 0.417 e. The predicted octanol–water partition coefficient (Wildman–Crippen LogP) is 1.86. The minimum Gasteiger partial charge on any atom is -0.465 e. The van der Waals surface area contributed by atoms with Gasteiger partial charge >= 0.3 is 12.1 Å². The van der Waals surface area contributed by atoms with Gasteiger partial charge in [0.05, 0.1) is 36.5 Å². The largest absolute Gasteiger partial charge is 0.465 e. The summed E-state index contributed by atoms with van der Waals surface area (Å²) in [4.78, 5) is 11.3. The first kappa shape index (κ1) is 14.0. The summed E-state index contributed by atoms with van der Waals surface area (Å²) in [5.74, 6) is -1.21. The average molecular weight is 259 g/mol. The molecule has 0 spiro atoms. The molecular weight excluding hydrogens is 251 g/mol. The van der Waals surface area contributed by atoms with Crippen LogP contribution in [0.3, 0.4) is 0 Å². The quantitative estimate of drug-likeness (QED) is 0.823. The van der Waals surface area contributed by atoms with Gasteiger partial charge in [0.1, 0.15) is 0 Å². The van der Waals surface area contributed by atoms with Crippen molar-refractivity contribution < 1.29 is 27.8 Å². The Balaban J connectivity index is 3.64. The Kier molecular flexibility index (Phi) is 3.93. The highest BCUT2D eigenvalue weighted by Gasteiger charge is 2.38. The second-order valence-corrected chi connectivity index (χ2v) is 3.32. The van der Waals surface area contributed by atoms with Crippen LogP contribution in [0.25, 0.3) is 0 Å². The van der Waals surface area contributed by atoms with Gasteiger partial charge in [-0.3, -0.25) is 0 Å². The van der Waals surface area contributed by atoms with E-state index in [1.807, 2.05) is 0 Å². The fourth-order valence-electron chi connectivity index (χ4n) is 1.50. The fourth-order valence-corrected chi connectivity index (χ4v) is 1.50. The number of nitrogens with zero attached hydrogens (tertiary/aromatic N) is 1. The van der Waals surface area contributed by atoms with E-state index in [9.17, 15) is 18.0 Å². The van der Waals surface area contributed by atoms with E-state index in [1.165, 1.54) is 0 Å². The summed E-state index contributed by atoms with van der Waals surface area (Å²) in [5.41, 5.74) is -2.77. The van der Waals surface area contributed by atoms with E-state index in [1.54, 1.807) is 6.07 Å². The van der Waals surface area contributed by atoms with Crippen LogP contribution in [0, 0.1) is 11.3 Å². The van der Waals surface area contributed by atoms with Crippen molar-refractivity contribution in [2.45, 2.75) is 12.8 Å². The molecule has 0 saturated heterocycles. The maximum atomic E-state index is 12.8. The van der Waals surface area contributed by atoms with E-state index in [2.05, 4.69) is 4.74 Å². The number of hydrogen-bond donors (Lipinski definition) is 1. The zero-order chi connectivity index (χ0) is 13.9. The highest BCUT2D eigenvalue weighted by Crippen LogP contribution is 2.35. The molecule has 4 nitrogen and oxygen atoms in total. The molecule has 0 unspecified atom stereocenters. The number of carbonyl (C=O) groups is 1. The van der Waals surface area contributed by atoms with Crippen LogP contribution >= 0.6 is 0 Å². The van der Waals surface area contributed by atoms with Gasteiger partial charge in [-0.1, -0.05) is 0 Å². The molecule has 0 fully saturated rings.